The van der Waals surface area contributed by atoms with Crippen molar-refractivity contribution in [3.05, 3.63) is 201 Å². The van der Waals surface area contributed by atoms with Crippen molar-refractivity contribution in [2.24, 2.45) is 5.73 Å². The molecular formula is C92H140AlBrCl7LiN17O15. The minimum atomic E-state index is -3.12. The topological polar surface area (TPSA) is 357 Å². The predicted octanol–water partition coefficient (Wildman–Crippen LogP) is 8.08. The number of ether oxygens (including phenoxy) is 9. The second-order valence-electron chi connectivity index (χ2n) is 25.7. The number of carbonyl (C=O) groups excluding carboxylic acids is 2. The van der Waals surface area contributed by atoms with Crippen LogP contribution >= 0.6 is 97.1 Å². The molecule has 3 radical (unpaired) electrons. The smallest absolute Gasteiger partial charge is 1.00 e. The fraction of sp³-hybridized carbons (Fsp3) is 0.543. The number of alkyl halides is 4. The zero-order valence-corrected chi connectivity index (χ0v) is 82.2. The van der Waals surface area contributed by atoms with Gasteiger partial charge >= 0.3 is 30.8 Å². The molecule has 0 aliphatic carbocycles. The van der Waals surface area contributed by atoms with Crippen LogP contribution in [-0.2, 0) is 82.0 Å². The average Bonchev–Trinajstić information content (AvgIpc) is 1.74. The van der Waals surface area contributed by atoms with Crippen LogP contribution < -0.4 is 39.4 Å². The number of aromatic amines is 1. The first-order valence-corrected chi connectivity index (χ1v) is 44.2. The summed E-state index contributed by atoms with van der Waals surface area (Å²) >= 11 is 41.5. The summed E-state index contributed by atoms with van der Waals surface area (Å²) in [6, 6.07) is 42.5. The number of nitrogens with one attached hydrogen (secondary N) is 2. The Balaban J connectivity index is 0.00000183. The van der Waals surface area contributed by atoms with Gasteiger partial charge in [-0.1, -0.05) is 174 Å². The van der Waals surface area contributed by atoms with Crippen molar-refractivity contribution < 1.29 is 137 Å². The van der Waals surface area contributed by atoms with Crippen molar-refractivity contribution >= 4 is 149 Å². The third kappa shape index (κ3) is 58.7. The van der Waals surface area contributed by atoms with Crippen molar-refractivity contribution in [3.8, 4) is 11.8 Å². The summed E-state index contributed by atoms with van der Waals surface area (Å²) in [5.74, 6) is 0.663. The molecule has 5 fully saturated rings. The van der Waals surface area contributed by atoms with Gasteiger partial charge in [0.1, 0.15) is 5.52 Å². The molecule has 9 aromatic rings. The number of hydrogen-bond acceptors (Lipinski definition) is 30. The molecule has 0 unspecified atom stereocenters. The number of aliphatic hydroxyl groups excluding tert-OH is 1. The van der Waals surface area contributed by atoms with Crippen LogP contribution in [0.3, 0.4) is 0 Å². The van der Waals surface area contributed by atoms with Crippen molar-refractivity contribution in [1.29, 1.82) is 0 Å². The van der Waals surface area contributed by atoms with E-state index >= 15 is 0 Å². The van der Waals surface area contributed by atoms with E-state index in [9.17, 15) is 19.8 Å². The van der Waals surface area contributed by atoms with Crippen LogP contribution in [0.15, 0.2) is 152 Å². The van der Waals surface area contributed by atoms with Crippen molar-refractivity contribution in [3.63, 3.8) is 0 Å². The number of carbonyl (C=O) groups is 2. The molecule has 8 N–H and O–H groups in total. The van der Waals surface area contributed by atoms with Crippen molar-refractivity contribution in [1.82, 2.24) is 79.1 Å². The Bertz CT molecular complexity index is 5800. The molecule has 5 saturated heterocycles. The number of H-pyrrole nitrogens is 1. The van der Waals surface area contributed by atoms with E-state index in [1.54, 1.807) is 91.5 Å². The van der Waals surface area contributed by atoms with Crippen LogP contribution in [0.1, 0.15) is 94.4 Å². The summed E-state index contributed by atoms with van der Waals surface area (Å²) in [6.07, 6.45) is 3.06. The SMILES string of the molecule is C.CCOC(=O)CNCc1ccccc1.COc1nc(Cl)nc2nc[nH]c12.NCc1ccc(Cl)c(Cl)c1.[2H]C([2H])(O)C([2H])([2H])Br.[2H]C([2H])(O)C([2H])([2H])N(CC(=O)OCC)Cc1ccccc1.[2H]C([2H])(O)C([2H])([2H])N(CCO)Cc1ccccc1.[2H]C1([2H])OCCN(CCCl)C1([2H])[2H].[2H]C1([2H])OCCN(CCCl)C1([2H])[2H].[2H]C1([2H])OCCN(CCCl)C1([2H])[2H].[2H]C1([2H])OCCN(CCn2cnc3nc(Cl)nc(OC)c32)C1([2H])[2H].[2H]C1([2H])OCCN(Cc2ccccc2)C1([2H])[2H].[Al].[H-].[Li+]. The first-order valence-electron chi connectivity index (χ1n) is 56.3. The standard InChI is InChI=1S/C13H19NO3.C12H16ClN5O2.C11H15NO2.C11H17NO2.C11H15NO.C7H7Cl2N.C6H5ClN4O.3C6H12ClNO.C2H5BrO.CH4.Al.Li.H/c1-2-17-13(16)11-14(8-9-15)10-12-6-4-3-5-7-12;1-19-11-9-10(15-12(13)16-11)14-8-18(9)3-2-17-4-6-20-7-5-17;1-2-14-11(13)9-12-8-10-6-4-3-5-7-10;13-8-6-12(7-9-14)10-11-4-2-1-3-5-11;1-2-4-11(5-3-1)10-12-6-8-13-9-7-12;8-6-2-1-5(4-10)3-7(6)9;1-12-5-3-4(9-2-8-3)10-6(7)11-5;3*7-1-2-8-3-5-9-6-4-8;3-1-2-4;;;;/h3-7,15H,2,8-11H2,1H3;8H,2-7H2,1H3;3-7,12H,2,8-9H2,1H3;1-5,13-14H,6-10H2;1-5H,6-10H2;1-3H,4,10H2;2H,1H3,(H,8,9,10,11);3*1-6H2;4H,1-2H2;1H4;;;/q;;;;;;;;;;;;;+1;-1/i8D2,9D2;4D2,6D2;;2*6D2,8D2;;;3*3D2,5D2;1D2,2D2;;;;. The molecule has 0 saturated carbocycles. The Morgan fingerprint density at radius 2 is 0.978 bits per heavy atom. The van der Waals surface area contributed by atoms with E-state index in [0.717, 1.165) is 32.1 Å². The normalized spacial score (nSPS) is 22.1. The number of methoxy groups -OCH3 is 2. The Kier molecular flexibility index (Phi) is 50.6. The number of nitrogens with two attached hydrogens (primary N) is 1. The van der Waals surface area contributed by atoms with E-state index in [2.05, 4.69) is 56.1 Å². The Hall–Kier alpha value is -5.34. The minimum Gasteiger partial charge on any atom is -1.00 e. The summed E-state index contributed by atoms with van der Waals surface area (Å²) in [4.78, 5) is 58.2. The fourth-order valence-electron chi connectivity index (χ4n) is 10.4. The molecule has 743 valence electrons. The van der Waals surface area contributed by atoms with Gasteiger partial charge in [0.25, 0.3) is 0 Å². The molecular weight excluding hydrogens is 1950 g/mol. The number of morpholine rings is 5. The van der Waals surface area contributed by atoms with Gasteiger partial charge in [0.05, 0.1) is 177 Å². The Morgan fingerprint density at radius 1 is 0.552 bits per heavy atom. The van der Waals surface area contributed by atoms with Gasteiger partial charge in [-0.05, 0) is 77.0 Å². The van der Waals surface area contributed by atoms with E-state index in [-0.39, 0.29) is 164 Å². The van der Waals surface area contributed by atoms with E-state index in [0.29, 0.717) is 129 Å². The van der Waals surface area contributed by atoms with E-state index in [1.165, 1.54) is 45.0 Å². The van der Waals surface area contributed by atoms with Gasteiger partial charge in [-0.3, -0.25) is 43.9 Å². The second kappa shape index (κ2) is 83.4. The number of esters is 2. The first kappa shape index (κ1) is 81.2. The minimum absolute atomic E-state index is 0. The van der Waals surface area contributed by atoms with E-state index in [4.69, 9.17) is 184 Å². The summed E-state index contributed by atoms with van der Waals surface area (Å²) in [6.45, 7) is -26.9. The molecule has 5 aromatic carbocycles. The second-order valence-corrected chi connectivity index (χ2v) is 28.7. The molecule has 14 rings (SSSR count). The summed E-state index contributed by atoms with van der Waals surface area (Å²) in [7, 11) is 2.98. The number of benzene rings is 5. The molecule has 42 heteroatoms. The van der Waals surface area contributed by atoms with Crippen LogP contribution in [0, 0.1) is 0 Å². The van der Waals surface area contributed by atoms with E-state index in [1.807, 2.05) is 72.8 Å². The number of halogens is 8. The molecule has 134 heavy (non-hydrogen) atoms. The number of hydrogen-bond donors (Lipinski definition) is 7. The van der Waals surface area contributed by atoms with Crippen molar-refractivity contribution in [2.75, 3.05) is 266 Å². The zero-order valence-electron chi connectivity index (χ0n) is 107. The molecule has 0 bridgehead atoms. The predicted molar refractivity (Wildman–Crippen MR) is 539 cm³/mol. The third-order valence-electron chi connectivity index (χ3n) is 16.5. The number of aromatic nitrogens is 8. The van der Waals surface area contributed by atoms with Crippen molar-refractivity contribution in [2.45, 2.75) is 60.5 Å². The van der Waals surface area contributed by atoms with Gasteiger partial charge in [0.2, 0.25) is 22.3 Å². The molecule has 9 heterocycles. The van der Waals surface area contributed by atoms with Gasteiger partial charge in [0.15, 0.2) is 16.8 Å². The largest absolute Gasteiger partial charge is 1.00 e. The summed E-state index contributed by atoms with van der Waals surface area (Å²) in [5, 5.41) is 37.8. The molecule has 32 nitrogen and oxygen atoms in total. The number of rotatable bonds is 33. The van der Waals surface area contributed by atoms with E-state index < -0.39 is 116 Å². The quantitative estimate of drug-likeness (QED) is 0.00884. The average molecular weight is 2120 g/mol. The molecule has 0 atom stereocenters. The van der Waals surface area contributed by atoms with Crippen LogP contribution in [0.2, 0.25) is 20.6 Å². The number of nitrogens with zero attached hydrogens (tertiary/aromatic N) is 14. The molecule has 0 amide bonds. The summed E-state index contributed by atoms with van der Waals surface area (Å²) < 4.78 is 282. The van der Waals surface area contributed by atoms with Gasteiger partial charge < -0.3 is 85.1 Å². The van der Waals surface area contributed by atoms with Crippen LogP contribution in [-0.4, -0.2) is 390 Å². The number of imidazole rings is 2. The van der Waals surface area contributed by atoms with Gasteiger partial charge in [-0.15, -0.1) is 34.8 Å². The number of aliphatic hydroxyl groups is 4. The Labute approximate surface area is 904 Å². The van der Waals surface area contributed by atoms with Gasteiger partial charge in [-0.25, -0.2) is 9.97 Å². The maximum atomic E-state index is 11.6. The third-order valence-corrected chi connectivity index (χ3v) is 18.2. The van der Waals surface area contributed by atoms with Gasteiger partial charge in [-0.2, -0.15) is 19.9 Å². The van der Waals surface area contributed by atoms with Crippen LogP contribution in [0.4, 0.5) is 0 Å². The monoisotopic (exact) mass is 2110 g/mol. The number of fused-ring (bicyclic) bond motifs is 2. The molecule has 5 aliphatic heterocycles. The zero-order chi connectivity index (χ0) is 124. The maximum absolute atomic E-state index is 11.6. The van der Waals surface area contributed by atoms with Crippen LogP contribution in [0.25, 0.3) is 22.3 Å². The van der Waals surface area contributed by atoms with Crippen LogP contribution in [0.5, 0.6) is 11.8 Å². The van der Waals surface area contributed by atoms with Gasteiger partial charge in [0, 0.05) is 212 Å². The summed E-state index contributed by atoms with van der Waals surface area (Å²) in [5.41, 5.74) is 12.1. The molecule has 0 spiro atoms. The molecule has 5 aliphatic rings. The fourth-order valence-corrected chi connectivity index (χ4v) is 11.7. The first-order chi connectivity index (χ1) is 75.5. The Morgan fingerprint density at radius 3 is 1.42 bits per heavy atom. The maximum Gasteiger partial charge on any atom is 1.00 e. The molecule has 4 aromatic heterocycles.